The number of benzene rings is 1. The summed E-state index contributed by atoms with van der Waals surface area (Å²) in [6.45, 7) is 0.415. The molecule has 0 saturated heterocycles. The number of nitrogens with one attached hydrogen (secondary N) is 1. The van der Waals surface area contributed by atoms with Gasteiger partial charge in [0.2, 0.25) is 5.91 Å². The molecule has 1 saturated carbocycles. The number of anilines is 1. The number of hydrogen-bond donors (Lipinski definition) is 3. The summed E-state index contributed by atoms with van der Waals surface area (Å²) >= 11 is 0. The van der Waals surface area contributed by atoms with Gasteiger partial charge < -0.3 is 16.2 Å². The fourth-order valence-electron chi connectivity index (χ4n) is 1.64. The molecule has 0 radical (unpaired) electrons. The van der Waals surface area contributed by atoms with Crippen molar-refractivity contribution in [3.8, 4) is 0 Å². The van der Waals surface area contributed by atoms with Gasteiger partial charge in [-0.25, -0.2) is 0 Å². The van der Waals surface area contributed by atoms with Gasteiger partial charge in [0.1, 0.15) is 0 Å². The van der Waals surface area contributed by atoms with Crippen LogP contribution in [0.1, 0.15) is 23.2 Å². The third-order valence-electron chi connectivity index (χ3n) is 3.11. The van der Waals surface area contributed by atoms with Gasteiger partial charge in [-0.05, 0) is 37.1 Å². The molecular formula is C12H14N2O3. The zero-order valence-electron chi connectivity index (χ0n) is 9.27. The van der Waals surface area contributed by atoms with Crippen molar-refractivity contribution in [2.45, 2.75) is 12.8 Å². The number of carboxylic acids is 1. The number of aliphatic carboxylic acids is 1. The van der Waals surface area contributed by atoms with Gasteiger partial charge in [-0.3, -0.25) is 9.59 Å². The average molecular weight is 234 g/mol. The predicted molar refractivity (Wildman–Crippen MR) is 62.8 cm³/mol. The van der Waals surface area contributed by atoms with Crippen molar-refractivity contribution in [2.75, 3.05) is 11.9 Å². The van der Waals surface area contributed by atoms with E-state index < -0.39 is 17.3 Å². The molecule has 2 rings (SSSR count). The van der Waals surface area contributed by atoms with Crippen molar-refractivity contribution in [1.29, 1.82) is 0 Å². The topological polar surface area (TPSA) is 92.4 Å². The lowest BCUT2D eigenvalue weighted by Crippen LogP contribution is -2.24. The van der Waals surface area contributed by atoms with Gasteiger partial charge in [0.25, 0.3) is 0 Å². The van der Waals surface area contributed by atoms with Crippen LogP contribution in [0.2, 0.25) is 0 Å². The normalized spacial score (nSPS) is 16.2. The second kappa shape index (κ2) is 4.08. The number of carboxylic acid groups (broad SMARTS) is 1. The molecule has 5 nitrogen and oxygen atoms in total. The van der Waals surface area contributed by atoms with Crippen molar-refractivity contribution in [3.63, 3.8) is 0 Å². The highest BCUT2D eigenvalue weighted by atomic mass is 16.4. The van der Waals surface area contributed by atoms with Gasteiger partial charge in [-0.15, -0.1) is 0 Å². The second-order valence-electron chi connectivity index (χ2n) is 4.38. The molecule has 0 aromatic heterocycles. The second-order valence-corrected chi connectivity index (χ2v) is 4.38. The minimum atomic E-state index is -0.751. The highest BCUT2D eigenvalue weighted by Crippen LogP contribution is 2.45. The highest BCUT2D eigenvalue weighted by Gasteiger charge is 2.49. The standard InChI is InChI=1S/C12H14N2O3/c13-10(15)8-1-3-9(4-2-8)14-7-12(5-6-12)11(16)17/h1-4,14H,5-7H2,(H2,13,15)(H,16,17). The molecular weight excluding hydrogens is 220 g/mol. The Morgan fingerprint density at radius 1 is 1.29 bits per heavy atom. The van der Waals surface area contributed by atoms with Crippen molar-refractivity contribution in [1.82, 2.24) is 0 Å². The van der Waals surface area contributed by atoms with E-state index >= 15 is 0 Å². The van der Waals surface area contributed by atoms with E-state index in [1.807, 2.05) is 0 Å². The Morgan fingerprint density at radius 2 is 1.88 bits per heavy atom. The summed E-state index contributed by atoms with van der Waals surface area (Å²) in [7, 11) is 0. The van der Waals surface area contributed by atoms with E-state index in [0.29, 0.717) is 24.9 Å². The van der Waals surface area contributed by atoms with Gasteiger partial charge in [-0.2, -0.15) is 0 Å². The first-order valence-corrected chi connectivity index (χ1v) is 5.41. The molecule has 0 atom stereocenters. The summed E-state index contributed by atoms with van der Waals surface area (Å²) in [5.41, 5.74) is 5.76. The van der Waals surface area contributed by atoms with E-state index in [2.05, 4.69) is 5.32 Å². The zero-order chi connectivity index (χ0) is 12.5. The van der Waals surface area contributed by atoms with Crippen LogP contribution in [-0.2, 0) is 4.79 Å². The molecule has 1 aromatic carbocycles. The minimum Gasteiger partial charge on any atom is -0.481 e. The Morgan fingerprint density at radius 3 is 2.29 bits per heavy atom. The van der Waals surface area contributed by atoms with Crippen LogP contribution >= 0.6 is 0 Å². The van der Waals surface area contributed by atoms with Gasteiger partial charge in [0, 0.05) is 17.8 Å². The fraction of sp³-hybridized carbons (Fsp3) is 0.333. The molecule has 17 heavy (non-hydrogen) atoms. The average Bonchev–Trinajstić information content (AvgIpc) is 3.08. The van der Waals surface area contributed by atoms with Crippen molar-refractivity contribution < 1.29 is 14.7 Å². The maximum Gasteiger partial charge on any atom is 0.311 e. The van der Waals surface area contributed by atoms with Crippen LogP contribution in [0.5, 0.6) is 0 Å². The van der Waals surface area contributed by atoms with Crippen LogP contribution in [0, 0.1) is 5.41 Å². The van der Waals surface area contributed by atoms with Crippen molar-refractivity contribution in [2.24, 2.45) is 11.1 Å². The third kappa shape index (κ3) is 2.38. The van der Waals surface area contributed by atoms with Gasteiger partial charge in [0.05, 0.1) is 5.41 Å². The van der Waals surface area contributed by atoms with E-state index in [1.54, 1.807) is 24.3 Å². The largest absolute Gasteiger partial charge is 0.481 e. The molecule has 1 aliphatic rings. The van der Waals surface area contributed by atoms with E-state index in [0.717, 1.165) is 5.69 Å². The number of rotatable bonds is 5. The van der Waals surface area contributed by atoms with Gasteiger partial charge in [0.15, 0.2) is 0 Å². The molecule has 0 heterocycles. The Bertz CT molecular complexity index is 449. The first-order chi connectivity index (χ1) is 8.03. The molecule has 1 fully saturated rings. The first-order valence-electron chi connectivity index (χ1n) is 5.41. The zero-order valence-corrected chi connectivity index (χ0v) is 9.27. The van der Waals surface area contributed by atoms with E-state index in [9.17, 15) is 9.59 Å². The third-order valence-corrected chi connectivity index (χ3v) is 3.11. The number of carbonyl (C=O) groups excluding carboxylic acids is 1. The Kier molecular flexibility index (Phi) is 2.75. The van der Waals surface area contributed by atoms with Crippen LogP contribution in [0.25, 0.3) is 0 Å². The van der Waals surface area contributed by atoms with E-state index in [1.165, 1.54) is 0 Å². The molecule has 1 amide bonds. The van der Waals surface area contributed by atoms with Gasteiger partial charge >= 0.3 is 5.97 Å². The number of carbonyl (C=O) groups is 2. The Labute approximate surface area is 98.6 Å². The number of primary amides is 1. The van der Waals surface area contributed by atoms with Crippen LogP contribution < -0.4 is 11.1 Å². The lowest BCUT2D eigenvalue weighted by molar-refractivity contribution is -0.142. The molecule has 0 bridgehead atoms. The highest BCUT2D eigenvalue weighted by molar-refractivity contribution is 5.93. The maximum absolute atomic E-state index is 10.9. The van der Waals surface area contributed by atoms with Crippen molar-refractivity contribution in [3.05, 3.63) is 29.8 Å². The fourth-order valence-corrected chi connectivity index (χ4v) is 1.64. The summed E-state index contributed by atoms with van der Waals surface area (Å²) < 4.78 is 0. The number of amides is 1. The first kappa shape index (κ1) is 11.4. The lowest BCUT2D eigenvalue weighted by Gasteiger charge is -2.12. The summed E-state index contributed by atoms with van der Waals surface area (Å²) in [6.07, 6.45) is 1.43. The lowest BCUT2D eigenvalue weighted by atomic mass is 10.1. The van der Waals surface area contributed by atoms with Crippen LogP contribution in [0.4, 0.5) is 5.69 Å². The quantitative estimate of drug-likeness (QED) is 0.710. The smallest absolute Gasteiger partial charge is 0.311 e. The molecule has 0 unspecified atom stereocenters. The number of hydrogen-bond acceptors (Lipinski definition) is 3. The summed E-state index contributed by atoms with van der Waals surface area (Å²) in [4.78, 5) is 21.8. The molecule has 1 aliphatic carbocycles. The number of nitrogens with two attached hydrogens (primary N) is 1. The van der Waals surface area contributed by atoms with Crippen LogP contribution in [0.3, 0.4) is 0 Å². The summed E-state index contributed by atoms with van der Waals surface area (Å²) in [5.74, 6) is -1.22. The predicted octanol–water partition coefficient (Wildman–Crippen LogP) is 1.06. The monoisotopic (exact) mass is 234 g/mol. The van der Waals surface area contributed by atoms with Crippen LogP contribution in [0.15, 0.2) is 24.3 Å². The molecule has 4 N–H and O–H groups in total. The minimum absolute atomic E-state index is 0.415. The SMILES string of the molecule is NC(=O)c1ccc(NCC2(C(=O)O)CC2)cc1. The van der Waals surface area contributed by atoms with E-state index in [-0.39, 0.29) is 0 Å². The Balaban J connectivity index is 1.96. The van der Waals surface area contributed by atoms with Crippen LogP contribution in [-0.4, -0.2) is 23.5 Å². The molecule has 0 spiro atoms. The van der Waals surface area contributed by atoms with Gasteiger partial charge in [-0.1, -0.05) is 0 Å². The van der Waals surface area contributed by atoms with E-state index in [4.69, 9.17) is 10.8 Å². The Hall–Kier alpha value is -2.04. The summed E-state index contributed by atoms with van der Waals surface area (Å²) in [5, 5.41) is 12.1. The summed E-state index contributed by atoms with van der Waals surface area (Å²) in [6, 6.07) is 6.67. The maximum atomic E-state index is 10.9. The molecule has 0 aliphatic heterocycles. The molecule has 5 heteroatoms. The van der Waals surface area contributed by atoms with Crippen molar-refractivity contribution >= 4 is 17.6 Å². The molecule has 90 valence electrons. The molecule has 1 aromatic rings.